The summed E-state index contributed by atoms with van der Waals surface area (Å²) in [4.78, 5) is 2.34. The minimum atomic E-state index is 0.949. The van der Waals surface area contributed by atoms with E-state index in [-0.39, 0.29) is 0 Å². The van der Waals surface area contributed by atoms with Gasteiger partial charge in [-0.05, 0) is 56.6 Å². The Balaban J connectivity index is 2.09. The Morgan fingerprint density at radius 3 is 1.95 bits per heavy atom. The average Bonchev–Trinajstić information content (AvgIpc) is 2.52. The molecule has 0 atom stereocenters. The Morgan fingerprint density at radius 2 is 1.43 bits per heavy atom. The van der Waals surface area contributed by atoms with Gasteiger partial charge in [-0.3, -0.25) is 0 Å². The summed E-state index contributed by atoms with van der Waals surface area (Å²) in [6.07, 6.45) is 1.18. The van der Waals surface area contributed by atoms with Gasteiger partial charge in [0.1, 0.15) is 0 Å². The van der Waals surface area contributed by atoms with Gasteiger partial charge >= 0.3 is 0 Å². The van der Waals surface area contributed by atoms with Crippen molar-refractivity contribution in [3.63, 3.8) is 0 Å². The molecule has 112 valence electrons. The third kappa shape index (κ3) is 4.33. The third-order valence-electron chi connectivity index (χ3n) is 3.67. The number of hydrogen-bond acceptors (Lipinski definition) is 2. The zero-order valence-electron chi connectivity index (χ0n) is 13.4. The minimum absolute atomic E-state index is 0.949. The standard InChI is InChI=1S/C19H26N2/c1-4-14-20-15-17-8-12-19(13-9-17)21(5-2)18-10-6-16(3)7-11-18/h6-13,20H,4-5,14-15H2,1-3H3. The van der Waals surface area contributed by atoms with E-state index >= 15 is 0 Å². The van der Waals surface area contributed by atoms with Crippen molar-refractivity contribution in [1.82, 2.24) is 5.32 Å². The molecular formula is C19H26N2. The molecule has 0 bridgehead atoms. The van der Waals surface area contributed by atoms with Gasteiger partial charge in [-0.25, -0.2) is 0 Å². The maximum absolute atomic E-state index is 3.44. The number of nitrogens with zero attached hydrogens (tertiary/aromatic N) is 1. The van der Waals surface area contributed by atoms with Crippen LogP contribution in [-0.2, 0) is 6.54 Å². The van der Waals surface area contributed by atoms with Gasteiger partial charge in [0.2, 0.25) is 0 Å². The van der Waals surface area contributed by atoms with Crippen molar-refractivity contribution in [3.05, 3.63) is 59.7 Å². The van der Waals surface area contributed by atoms with E-state index in [0.29, 0.717) is 0 Å². The first-order chi connectivity index (χ1) is 10.2. The van der Waals surface area contributed by atoms with Gasteiger partial charge in [-0.15, -0.1) is 0 Å². The molecule has 0 aromatic heterocycles. The minimum Gasteiger partial charge on any atom is -0.342 e. The maximum atomic E-state index is 3.44. The fraction of sp³-hybridized carbons (Fsp3) is 0.368. The Bertz CT molecular complexity index is 528. The van der Waals surface area contributed by atoms with Gasteiger partial charge < -0.3 is 10.2 Å². The molecule has 0 amide bonds. The topological polar surface area (TPSA) is 15.3 Å². The van der Waals surface area contributed by atoms with Gasteiger partial charge in [0, 0.05) is 24.5 Å². The van der Waals surface area contributed by atoms with Crippen LogP contribution in [-0.4, -0.2) is 13.1 Å². The molecule has 0 aliphatic rings. The summed E-state index contributed by atoms with van der Waals surface area (Å²) < 4.78 is 0. The second-order valence-electron chi connectivity index (χ2n) is 5.42. The molecule has 0 unspecified atom stereocenters. The Hall–Kier alpha value is -1.80. The zero-order chi connectivity index (χ0) is 15.1. The highest BCUT2D eigenvalue weighted by molar-refractivity contribution is 5.63. The van der Waals surface area contributed by atoms with Crippen molar-refractivity contribution >= 4 is 11.4 Å². The summed E-state index contributed by atoms with van der Waals surface area (Å²) in [5, 5.41) is 3.44. The Kier molecular flexibility index (Phi) is 5.82. The lowest BCUT2D eigenvalue weighted by Gasteiger charge is -2.23. The normalized spacial score (nSPS) is 10.6. The molecule has 0 heterocycles. The molecule has 2 nitrogen and oxygen atoms in total. The highest BCUT2D eigenvalue weighted by atomic mass is 15.1. The SMILES string of the molecule is CCCNCc1ccc(N(CC)c2ccc(C)cc2)cc1. The van der Waals surface area contributed by atoms with Crippen molar-refractivity contribution in [2.45, 2.75) is 33.7 Å². The largest absolute Gasteiger partial charge is 0.342 e. The molecule has 21 heavy (non-hydrogen) atoms. The maximum Gasteiger partial charge on any atom is 0.0410 e. The first-order valence-corrected chi connectivity index (χ1v) is 7.88. The average molecular weight is 282 g/mol. The Labute approximate surface area is 128 Å². The molecular weight excluding hydrogens is 256 g/mol. The van der Waals surface area contributed by atoms with E-state index in [2.05, 4.69) is 79.5 Å². The first-order valence-electron chi connectivity index (χ1n) is 7.88. The van der Waals surface area contributed by atoms with Gasteiger partial charge in [0.05, 0.1) is 0 Å². The summed E-state index contributed by atoms with van der Waals surface area (Å²) >= 11 is 0. The molecule has 0 saturated heterocycles. The summed E-state index contributed by atoms with van der Waals surface area (Å²) in [5.41, 5.74) is 5.14. The lowest BCUT2D eigenvalue weighted by atomic mass is 10.1. The van der Waals surface area contributed by atoms with E-state index in [1.54, 1.807) is 0 Å². The predicted octanol–water partition coefficient (Wildman–Crippen LogP) is 4.65. The highest BCUT2D eigenvalue weighted by Gasteiger charge is 2.06. The number of hydrogen-bond donors (Lipinski definition) is 1. The molecule has 0 spiro atoms. The number of aryl methyl sites for hydroxylation is 1. The van der Waals surface area contributed by atoms with E-state index in [9.17, 15) is 0 Å². The van der Waals surface area contributed by atoms with E-state index in [1.807, 2.05) is 0 Å². The molecule has 0 aliphatic carbocycles. The predicted molar refractivity (Wildman–Crippen MR) is 92.3 cm³/mol. The van der Waals surface area contributed by atoms with Crippen molar-refractivity contribution < 1.29 is 0 Å². The molecule has 0 aliphatic heterocycles. The molecule has 1 N–H and O–H groups in total. The molecule has 2 heteroatoms. The first kappa shape index (κ1) is 15.6. The van der Waals surface area contributed by atoms with Crippen LogP contribution in [0.1, 0.15) is 31.4 Å². The highest BCUT2D eigenvalue weighted by Crippen LogP contribution is 2.25. The summed E-state index contributed by atoms with van der Waals surface area (Å²) in [5.74, 6) is 0. The second kappa shape index (κ2) is 7.84. The number of rotatable bonds is 7. The fourth-order valence-corrected chi connectivity index (χ4v) is 2.44. The number of anilines is 2. The lowest BCUT2D eigenvalue weighted by molar-refractivity contribution is 0.675. The number of benzene rings is 2. The molecule has 2 aromatic rings. The van der Waals surface area contributed by atoms with E-state index in [1.165, 1.54) is 28.9 Å². The quantitative estimate of drug-likeness (QED) is 0.743. The van der Waals surface area contributed by atoms with Crippen LogP contribution in [0.2, 0.25) is 0 Å². The summed E-state index contributed by atoms with van der Waals surface area (Å²) in [6, 6.07) is 17.6. The van der Waals surface area contributed by atoms with Crippen molar-refractivity contribution in [3.8, 4) is 0 Å². The van der Waals surface area contributed by atoms with Gasteiger partial charge in [-0.2, -0.15) is 0 Å². The van der Waals surface area contributed by atoms with Crippen LogP contribution in [0.5, 0.6) is 0 Å². The van der Waals surface area contributed by atoms with E-state index < -0.39 is 0 Å². The zero-order valence-corrected chi connectivity index (χ0v) is 13.4. The van der Waals surface area contributed by atoms with Crippen LogP contribution in [0.4, 0.5) is 11.4 Å². The number of nitrogens with one attached hydrogen (secondary N) is 1. The van der Waals surface area contributed by atoms with Crippen LogP contribution < -0.4 is 10.2 Å². The second-order valence-corrected chi connectivity index (χ2v) is 5.42. The molecule has 0 radical (unpaired) electrons. The van der Waals surface area contributed by atoms with Gasteiger partial charge in [-0.1, -0.05) is 36.8 Å². The smallest absolute Gasteiger partial charge is 0.0410 e. The van der Waals surface area contributed by atoms with Crippen molar-refractivity contribution in [2.24, 2.45) is 0 Å². The van der Waals surface area contributed by atoms with Crippen LogP contribution in [0.3, 0.4) is 0 Å². The molecule has 0 saturated carbocycles. The van der Waals surface area contributed by atoms with E-state index in [0.717, 1.165) is 19.6 Å². The molecule has 2 rings (SSSR count). The molecule has 2 aromatic carbocycles. The van der Waals surface area contributed by atoms with Crippen molar-refractivity contribution in [1.29, 1.82) is 0 Å². The molecule has 0 fully saturated rings. The Morgan fingerprint density at radius 1 is 0.857 bits per heavy atom. The van der Waals surface area contributed by atoms with E-state index in [4.69, 9.17) is 0 Å². The van der Waals surface area contributed by atoms with Crippen LogP contribution in [0.25, 0.3) is 0 Å². The monoisotopic (exact) mass is 282 g/mol. The van der Waals surface area contributed by atoms with Crippen molar-refractivity contribution in [2.75, 3.05) is 18.0 Å². The summed E-state index contributed by atoms with van der Waals surface area (Å²) in [6.45, 7) is 9.50. The van der Waals surface area contributed by atoms with Crippen LogP contribution in [0, 0.1) is 6.92 Å². The van der Waals surface area contributed by atoms with Gasteiger partial charge in [0.15, 0.2) is 0 Å². The third-order valence-corrected chi connectivity index (χ3v) is 3.67. The fourth-order valence-electron chi connectivity index (χ4n) is 2.44. The summed E-state index contributed by atoms with van der Waals surface area (Å²) in [7, 11) is 0. The van der Waals surface area contributed by atoms with Gasteiger partial charge in [0.25, 0.3) is 0 Å². The lowest BCUT2D eigenvalue weighted by Crippen LogP contribution is -2.16. The van der Waals surface area contributed by atoms with Crippen LogP contribution in [0.15, 0.2) is 48.5 Å². The van der Waals surface area contributed by atoms with Crippen LogP contribution >= 0.6 is 0 Å².